The zero-order valence-electron chi connectivity index (χ0n) is 17.1. The lowest BCUT2D eigenvalue weighted by Crippen LogP contribution is -2.47. The van der Waals surface area contributed by atoms with E-state index in [1.54, 1.807) is 18.5 Å². The van der Waals surface area contributed by atoms with Crippen molar-refractivity contribution in [1.29, 1.82) is 0 Å². The highest BCUT2D eigenvalue weighted by Gasteiger charge is 2.26. The zero-order chi connectivity index (χ0) is 21.2. The molecule has 6 nitrogen and oxygen atoms in total. The second-order valence-electron chi connectivity index (χ2n) is 8.21. The van der Waals surface area contributed by atoms with Crippen molar-refractivity contribution >= 4 is 17.7 Å². The van der Waals surface area contributed by atoms with Gasteiger partial charge in [0.1, 0.15) is 6.17 Å². The van der Waals surface area contributed by atoms with E-state index < -0.39 is 6.17 Å². The highest BCUT2D eigenvalue weighted by molar-refractivity contribution is 6.02. The molecule has 2 aromatic heterocycles. The number of halogens is 1. The van der Waals surface area contributed by atoms with Gasteiger partial charge < -0.3 is 5.32 Å². The van der Waals surface area contributed by atoms with Crippen LogP contribution in [0.25, 0.3) is 17.2 Å². The van der Waals surface area contributed by atoms with Crippen LogP contribution in [0.3, 0.4) is 0 Å². The Kier molecular flexibility index (Phi) is 5.34. The minimum atomic E-state index is -0.694. The maximum Gasteiger partial charge on any atom is 0.248 e. The summed E-state index contributed by atoms with van der Waals surface area (Å²) in [6.45, 7) is 1.73. The fourth-order valence-corrected chi connectivity index (χ4v) is 3.76. The van der Waals surface area contributed by atoms with Crippen molar-refractivity contribution in [1.82, 2.24) is 19.7 Å². The molecule has 0 bridgehead atoms. The minimum Gasteiger partial charge on any atom is -0.323 e. The zero-order valence-corrected chi connectivity index (χ0v) is 17.1. The smallest absolute Gasteiger partial charge is 0.248 e. The highest BCUT2D eigenvalue weighted by Crippen LogP contribution is 2.35. The molecular weight excluding hydrogens is 393 g/mol. The van der Waals surface area contributed by atoms with E-state index in [2.05, 4.69) is 26.5 Å². The molecule has 1 saturated heterocycles. The lowest BCUT2D eigenvalue weighted by atomic mass is 10.0. The first-order chi connectivity index (χ1) is 15.1. The summed E-state index contributed by atoms with van der Waals surface area (Å²) in [4.78, 5) is 18.7. The number of pyridine rings is 1. The van der Waals surface area contributed by atoms with Crippen LogP contribution in [-0.4, -0.2) is 44.8 Å². The lowest BCUT2D eigenvalue weighted by molar-refractivity contribution is -0.111. The number of rotatable bonds is 7. The minimum absolute atomic E-state index is 0.209. The normalized spacial score (nSPS) is 17.1. The summed E-state index contributed by atoms with van der Waals surface area (Å²) >= 11 is 0. The summed E-state index contributed by atoms with van der Waals surface area (Å²) < 4.78 is 14.9. The van der Waals surface area contributed by atoms with Crippen molar-refractivity contribution in [3.8, 4) is 11.1 Å². The molecule has 2 aliphatic rings. The largest absolute Gasteiger partial charge is 0.323 e. The Hall–Kier alpha value is -3.32. The Morgan fingerprint density at radius 3 is 2.71 bits per heavy atom. The van der Waals surface area contributed by atoms with Gasteiger partial charge in [-0.3, -0.25) is 19.4 Å². The molecule has 0 atom stereocenters. The number of anilines is 1. The topological polar surface area (TPSA) is 63.1 Å². The molecule has 0 spiro atoms. The molecule has 31 heavy (non-hydrogen) atoms. The van der Waals surface area contributed by atoms with Gasteiger partial charge in [0.2, 0.25) is 5.91 Å². The maximum atomic E-state index is 12.9. The molecule has 1 aliphatic heterocycles. The molecule has 2 fully saturated rings. The molecule has 5 rings (SSSR count). The van der Waals surface area contributed by atoms with Crippen LogP contribution in [0.4, 0.5) is 10.1 Å². The van der Waals surface area contributed by atoms with E-state index in [9.17, 15) is 9.18 Å². The second kappa shape index (κ2) is 8.43. The molecular formula is C24H24FN5O. The van der Waals surface area contributed by atoms with Crippen LogP contribution in [0.2, 0.25) is 0 Å². The van der Waals surface area contributed by atoms with Crippen LogP contribution in [0.15, 0.2) is 61.2 Å². The van der Waals surface area contributed by atoms with Gasteiger partial charge in [-0.15, -0.1) is 0 Å². The molecule has 1 N–H and O–H groups in total. The number of nitrogens with zero attached hydrogens (tertiary/aromatic N) is 4. The molecule has 1 saturated carbocycles. The number of aromatic nitrogens is 3. The van der Waals surface area contributed by atoms with E-state index in [0.717, 1.165) is 34.5 Å². The van der Waals surface area contributed by atoms with E-state index in [4.69, 9.17) is 0 Å². The average molecular weight is 417 g/mol. The average Bonchev–Trinajstić information content (AvgIpc) is 3.49. The van der Waals surface area contributed by atoms with Gasteiger partial charge in [-0.1, -0.05) is 12.1 Å². The number of hydrogen-bond donors (Lipinski definition) is 1. The summed E-state index contributed by atoms with van der Waals surface area (Å²) in [6, 6.07) is 10.1. The number of likely N-dealkylation sites (tertiary alicyclic amines) is 1. The Bertz CT molecular complexity index is 1100. The standard InChI is InChI=1S/C24H24FN5O/c25-20-15-29(16-20)13-17-1-4-21(5-2-17)28-24(31)8-3-18-11-26-10-9-23(18)19-12-27-30(14-19)22-6-7-22/h1-5,8-12,14,20,22H,6-7,13,15-16H2,(H,28,31)/b8-3+. The number of hydrogen-bond acceptors (Lipinski definition) is 4. The van der Waals surface area contributed by atoms with Gasteiger partial charge in [0.15, 0.2) is 0 Å². The molecule has 1 aliphatic carbocycles. The van der Waals surface area contributed by atoms with Crippen LogP contribution in [-0.2, 0) is 11.3 Å². The van der Waals surface area contributed by atoms with Crippen molar-refractivity contribution in [3.63, 3.8) is 0 Å². The van der Waals surface area contributed by atoms with Gasteiger partial charge in [-0.25, -0.2) is 4.39 Å². The molecule has 1 amide bonds. The Morgan fingerprint density at radius 1 is 1.16 bits per heavy atom. The Morgan fingerprint density at radius 2 is 1.97 bits per heavy atom. The molecule has 3 aromatic rings. The molecule has 1 aromatic carbocycles. The van der Waals surface area contributed by atoms with Crippen molar-refractivity contribution in [3.05, 3.63) is 72.3 Å². The number of alkyl halides is 1. The predicted molar refractivity (Wildman–Crippen MR) is 118 cm³/mol. The van der Waals surface area contributed by atoms with Crippen molar-refractivity contribution in [2.75, 3.05) is 18.4 Å². The SMILES string of the molecule is O=C(/C=C/c1cnccc1-c1cnn(C2CC2)c1)Nc1ccc(CN2CC(F)C2)cc1. The van der Waals surface area contributed by atoms with Crippen LogP contribution < -0.4 is 5.32 Å². The van der Waals surface area contributed by atoms with E-state index in [0.29, 0.717) is 19.1 Å². The fraction of sp³-hybridized carbons (Fsp3) is 0.292. The Balaban J connectivity index is 1.22. The van der Waals surface area contributed by atoms with Gasteiger partial charge in [-0.05, 0) is 48.2 Å². The van der Waals surface area contributed by atoms with Crippen LogP contribution in [0, 0.1) is 0 Å². The van der Waals surface area contributed by atoms with Gasteiger partial charge in [0, 0.05) is 61.1 Å². The summed E-state index contributed by atoms with van der Waals surface area (Å²) in [5.74, 6) is -0.209. The highest BCUT2D eigenvalue weighted by atomic mass is 19.1. The first-order valence-corrected chi connectivity index (χ1v) is 10.6. The van der Waals surface area contributed by atoms with Gasteiger partial charge in [0.05, 0.1) is 12.2 Å². The molecule has 0 unspecified atom stereocenters. The third kappa shape index (κ3) is 4.72. The van der Waals surface area contributed by atoms with Crippen molar-refractivity contribution in [2.24, 2.45) is 0 Å². The molecule has 0 radical (unpaired) electrons. The quantitative estimate of drug-likeness (QED) is 0.589. The van der Waals surface area contributed by atoms with Crippen molar-refractivity contribution < 1.29 is 9.18 Å². The fourth-order valence-electron chi connectivity index (χ4n) is 3.76. The summed E-state index contributed by atoms with van der Waals surface area (Å²) in [5.41, 5.74) is 4.71. The third-order valence-electron chi connectivity index (χ3n) is 5.64. The molecule has 7 heteroatoms. The van der Waals surface area contributed by atoms with Gasteiger partial charge in [0.25, 0.3) is 0 Å². The van der Waals surface area contributed by atoms with E-state index in [-0.39, 0.29) is 5.91 Å². The van der Waals surface area contributed by atoms with Crippen LogP contribution >= 0.6 is 0 Å². The third-order valence-corrected chi connectivity index (χ3v) is 5.64. The molecule has 3 heterocycles. The maximum absolute atomic E-state index is 12.9. The first-order valence-electron chi connectivity index (χ1n) is 10.6. The summed E-state index contributed by atoms with van der Waals surface area (Å²) in [6.07, 6.45) is 12.4. The van der Waals surface area contributed by atoms with Crippen molar-refractivity contribution in [2.45, 2.75) is 31.6 Å². The summed E-state index contributed by atoms with van der Waals surface area (Å²) in [7, 11) is 0. The predicted octanol–water partition coefficient (Wildman–Crippen LogP) is 4.09. The number of benzene rings is 1. The van der Waals surface area contributed by atoms with Crippen LogP contribution in [0.1, 0.15) is 30.0 Å². The van der Waals surface area contributed by atoms with Gasteiger partial charge >= 0.3 is 0 Å². The van der Waals surface area contributed by atoms with Crippen LogP contribution in [0.5, 0.6) is 0 Å². The number of carbonyl (C=O) groups excluding carboxylic acids is 1. The lowest BCUT2D eigenvalue weighted by Gasteiger charge is -2.34. The molecule has 158 valence electrons. The van der Waals surface area contributed by atoms with E-state index in [1.165, 1.54) is 18.9 Å². The van der Waals surface area contributed by atoms with E-state index in [1.807, 2.05) is 41.2 Å². The Labute approximate surface area is 180 Å². The second-order valence-corrected chi connectivity index (χ2v) is 8.21. The number of amides is 1. The summed E-state index contributed by atoms with van der Waals surface area (Å²) in [5, 5.41) is 7.33. The first kappa shape index (κ1) is 19.6. The monoisotopic (exact) mass is 417 g/mol. The number of nitrogens with one attached hydrogen (secondary N) is 1. The van der Waals surface area contributed by atoms with Gasteiger partial charge in [-0.2, -0.15) is 5.10 Å². The van der Waals surface area contributed by atoms with E-state index >= 15 is 0 Å². The number of carbonyl (C=O) groups is 1.